The summed E-state index contributed by atoms with van der Waals surface area (Å²) in [6.07, 6.45) is 0. The van der Waals surface area contributed by atoms with Gasteiger partial charge in [0.15, 0.2) is 0 Å². The number of hydrogen-bond acceptors (Lipinski definition) is 0. The SMILES string of the molecule is [Br][Ru]([Br])=[CH]c1ccccc1. The molecule has 0 N–H and O–H groups in total. The van der Waals surface area contributed by atoms with E-state index in [1.54, 1.807) is 0 Å². The third kappa shape index (κ3) is 3.18. The first-order valence-electron chi connectivity index (χ1n) is 2.67. The molecule has 0 atom stereocenters. The van der Waals surface area contributed by atoms with E-state index in [4.69, 9.17) is 0 Å². The van der Waals surface area contributed by atoms with Crippen LogP contribution in [-0.4, -0.2) is 4.61 Å². The van der Waals surface area contributed by atoms with Crippen molar-refractivity contribution in [2.24, 2.45) is 0 Å². The van der Waals surface area contributed by atoms with Crippen LogP contribution in [-0.2, 0) is 11.6 Å². The molecule has 1 aromatic carbocycles. The number of halogens is 2. The van der Waals surface area contributed by atoms with Crippen molar-refractivity contribution in [3.05, 3.63) is 35.9 Å². The Morgan fingerprint density at radius 2 is 1.70 bits per heavy atom. The summed E-state index contributed by atoms with van der Waals surface area (Å²) in [5, 5.41) is 0. The molecule has 0 aliphatic rings. The molecule has 0 amide bonds. The van der Waals surface area contributed by atoms with E-state index in [-0.39, 0.29) is 0 Å². The fourth-order valence-electron chi connectivity index (χ4n) is 0.610. The van der Waals surface area contributed by atoms with Crippen molar-refractivity contribution >= 4 is 31.9 Å². The van der Waals surface area contributed by atoms with E-state index in [9.17, 15) is 0 Å². The van der Waals surface area contributed by atoms with Crippen molar-refractivity contribution in [3.8, 4) is 0 Å². The van der Waals surface area contributed by atoms with Crippen LogP contribution in [0.5, 0.6) is 0 Å². The third-order valence-corrected chi connectivity index (χ3v) is 3.87. The molecule has 3 heteroatoms. The molecular formula is C7H6Br2Ru. The fraction of sp³-hybridized carbons (Fsp3) is 0. The Bertz CT molecular complexity index is 227. The van der Waals surface area contributed by atoms with Crippen LogP contribution in [0.2, 0.25) is 0 Å². The topological polar surface area (TPSA) is 0 Å². The molecule has 0 saturated heterocycles. The van der Waals surface area contributed by atoms with Gasteiger partial charge in [0.05, 0.1) is 0 Å². The molecule has 0 nitrogen and oxygen atoms in total. The summed E-state index contributed by atoms with van der Waals surface area (Å²) in [6, 6.07) is 10.3. The van der Waals surface area contributed by atoms with Gasteiger partial charge in [-0.15, -0.1) is 0 Å². The zero-order chi connectivity index (χ0) is 7.40. The van der Waals surface area contributed by atoms with Crippen molar-refractivity contribution in [2.75, 3.05) is 0 Å². The summed E-state index contributed by atoms with van der Waals surface area (Å²) in [5.41, 5.74) is 1.29. The second-order valence-corrected chi connectivity index (χ2v) is 14.8. The van der Waals surface area contributed by atoms with Crippen molar-refractivity contribution in [1.29, 1.82) is 0 Å². The van der Waals surface area contributed by atoms with Gasteiger partial charge in [-0.25, -0.2) is 0 Å². The van der Waals surface area contributed by atoms with Crippen molar-refractivity contribution in [2.45, 2.75) is 0 Å². The van der Waals surface area contributed by atoms with Crippen LogP contribution in [0.1, 0.15) is 5.56 Å². The van der Waals surface area contributed by atoms with E-state index in [2.05, 4.69) is 44.0 Å². The van der Waals surface area contributed by atoms with Gasteiger partial charge in [-0.2, -0.15) is 0 Å². The van der Waals surface area contributed by atoms with Gasteiger partial charge in [0, 0.05) is 0 Å². The molecule has 0 heterocycles. The van der Waals surface area contributed by atoms with Crippen LogP contribution < -0.4 is 0 Å². The summed E-state index contributed by atoms with van der Waals surface area (Å²) in [4.78, 5) is 0. The van der Waals surface area contributed by atoms with Gasteiger partial charge in [0.1, 0.15) is 0 Å². The first-order valence-corrected chi connectivity index (χ1v) is 11.6. The van der Waals surface area contributed by atoms with Gasteiger partial charge in [0.25, 0.3) is 0 Å². The molecule has 0 radical (unpaired) electrons. The van der Waals surface area contributed by atoms with E-state index in [0.717, 1.165) is 0 Å². The van der Waals surface area contributed by atoms with E-state index in [1.165, 1.54) is 5.56 Å². The van der Waals surface area contributed by atoms with Crippen molar-refractivity contribution in [3.63, 3.8) is 0 Å². The van der Waals surface area contributed by atoms with Crippen LogP contribution >= 0.6 is 27.2 Å². The van der Waals surface area contributed by atoms with Crippen LogP contribution in [0, 0.1) is 0 Å². The van der Waals surface area contributed by atoms with Gasteiger partial charge in [-0.1, -0.05) is 0 Å². The second-order valence-electron chi connectivity index (χ2n) is 1.72. The number of benzene rings is 1. The molecule has 10 heavy (non-hydrogen) atoms. The molecule has 0 aromatic heterocycles. The molecular weight excluding hydrogens is 345 g/mol. The predicted molar refractivity (Wildman–Crippen MR) is 49.5 cm³/mol. The Balaban J connectivity index is 2.87. The van der Waals surface area contributed by atoms with Crippen LogP contribution in [0.15, 0.2) is 30.3 Å². The standard InChI is InChI=1S/C7H6.2BrH.Ru/c1-7-5-3-2-4-6-7;;;/h1-6H;2*1H;/q;;;+2/p-2. The third-order valence-electron chi connectivity index (χ3n) is 0.995. The zero-order valence-corrected chi connectivity index (χ0v) is 9.98. The van der Waals surface area contributed by atoms with Crippen LogP contribution in [0.4, 0.5) is 0 Å². The van der Waals surface area contributed by atoms with E-state index in [0.29, 0.717) is 0 Å². The average Bonchev–Trinajstić information content (AvgIpc) is 1.88. The van der Waals surface area contributed by atoms with Gasteiger partial charge >= 0.3 is 79.3 Å². The average molecular weight is 351 g/mol. The summed E-state index contributed by atoms with van der Waals surface area (Å²) >= 11 is 6.10. The molecule has 0 unspecified atom stereocenters. The normalized spacial score (nSPS) is 10.8. The monoisotopic (exact) mass is 350 g/mol. The number of rotatable bonds is 1. The minimum atomic E-state index is -0.934. The summed E-state index contributed by atoms with van der Waals surface area (Å²) in [6.45, 7) is 0. The first kappa shape index (κ1) is 8.77. The van der Waals surface area contributed by atoms with Gasteiger partial charge in [0.2, 0.25) is 0 Å². The summed E-state index contributed by atoms with van der Waals surface area (Å²) in [7, 11) is 0. The van der Waals surface area contributed by atoms with Gasteiger partial charge in [-0.05, 0) is 0 Å². The molecule has 0 spiro atoms. The summed E-state index contributed by atoms with van der Waals surface area (Å²) < 4.78 is 2.23. The van der Waals surface area contributed by atoms with E-state index >= 15 is 0 Å². The molecule has 56 valence electrons. The molecule has 0 saturated carbocycles. The van der Waals surface area contributed by atoms with Gasteiger partial charge < -0.3 is 0 Å². The minimum absolute atomic E-state index is 0.934. The Labute approximate surface area is 78.8 Å². The molecule has 1 rings (SSSR count). The van der Waals surface area contributed by atoms with E-state index < -0.39 is 11.6 Å². The quantitative estimate of drug-likeness (QED) is 0.683. The second kappa shape index (κ2) is 4.53. The zero-order valence-electron chi connectivity index (χ0n) is 5.07. The van der Waals surface area contributed by atoms with E-state index in [1.807, 2.05) is 18.2 Å². The Kier molecular flexibility index (Phi) is 3.97. The fourth-order valence-corrected chi connectivity index (χ4v) is 3.59. The number of hydrogen-bond donors (Lipinski definition) is 0. The molecule has 1 aromatic rings. The maximum atomic E-state index is 3.52. The molecule has 0 fully saturated rings. The summed E-state index contributed by atoms with van der Waals surface area (Å²) in [5.74, 6) is 0. The molecule has 0 bridgehead atoms. The van der Waals surface area contributed by atoms with Crippen LogP contribution in [0.3, 0.4) is 0 Å². The Hall–Kier alpha value is 0.673. The maximum absolute atomic E-state index is 3.52. The Morgan fingerprint density at radius 1 is 1.10 bits per heavy atom. The molecule has 0 aliphatic carbocycles. The van der Waals surface area contributed by atoms with Gasteiger partial charge in [-0.3, -0.25) is 0 Å². The Morgan fingerprint density at radius 3 is 2.20 bits per heavy atom. The predicted octanol–water partition coefficient (Wildman–Crippen LogP) is 3.07. The van der Waals surface area contributed by atoms with Crippen molar-refractivity contribution in [1.82, 2.24) is 0 Å². The first-order chi connectivity index (χ1) is 4.79. The molecule has 0 aliphatic heterocycles. The van der Waals surface area contributed by atoms with Crippen molar-refractivity contribution < 1.29 is 11.6 Å². The van der Waals surface area contributed by atoms with Crippen LogP contribution in [0.25, 0.3) is 0 Å².